The number of aryl methyl sites for hydroxylation is 1. The van der Waals surface area contributed by atoms with Gasteiger partial charge in [-0.3, -0.25) is 0 Å². The van der Waals surface area contributed by atoms with Crippen LogP contribution in [-0.4, -0.2) is 62.8 Å². The Morgan fingerprint density at radius 3 is 3.22 bits per heavy atom. The molecular formula is C11H18N6O. The van der Waals surface area contributed by atoms with Gasteiger partial charge in [-0.1, -0.05) is 0 Å². The Bertz CT molecular complexity index is 444. The molecule has 0 spiro atoms. The molecule has 2 aliphatic heterocycles. The van der Waals surface area contributed by atoms with E-state index in [1.54, 1.807) is 6.33 Å². The summed E-state index contributed by atoms with van der Waals surface area (Å²) in [5.41, 5.74) is 0. The normalized spacial score (nSPS) is 23.6. The first kappa shape index (κ1) is 11.5. The molecule has 0 radical (unpaired) electrons. The maximum absolute atomic E-state index is 12.2. The Balaban J connectivity index is 1.72. The average Bonchev–Trinajstić information content (AvgIpc) is 2.96. The molecule has 2 fully saturated rings. The molecule has 1 unspecified atom stereocenters. The molecule has 3 heterocycles. The van der Waals surface area contributed by atoms with Crippen molar-refractivity contribution >= 4 is 6.03 Å². The lowest BCUT2D eigenvalue weighted by Gasteiger charge is -2.28. The maximum Gasteiger partial charge on any atom is 0.320 e. The van der Waals surface area contributed by atoms with Gasteiger partial charge in [0.15, 0.2) is 0 Å². The molecule has 2 saturated heterocycles. The maximum atomic E-state index is 12.2. The van der Waals surface area contributed by atoms with Gasteiger partial charge in [0.05, 0.1) is 12.6 Å². The van der Waals surface area contributed by atoms with E-state index in [1.807, 2.05) is 21.4 Å². The van der Waals surface area contributed by atoms with Crippen LogP contribution in [-0.2, 0) is 13.1 Å². The Hall–Kier alpha value is -1.63. The van der Waals surface area contributed by atoms with Crippen LogP contribution in [0, 0.1) is 0 Å². The lowest BCUT2D eigenvalue weighted by Crippen LogP contribution is -2.49. The quantitative estimate of drug-likeness (QED) is 0.786. The number of nitrogens with zero attached hydrogens (tertiary/aromatic N) is 5. The smallest absolute Gasteiger partial charge is 0.317 e. The third-order valence-electron chi connectivity index (χ3n) is 3.63. The molecule has 98 valence electrons. The molecule has 1 N–H and O–H groups in total. The number of hydrogen-bond acceptors (Lipinski definition) is 4. The summed E-state index contributed by atoms with van der Waals surface area (Å²) in [6, 6.07) is 0.441. The predicted octanol–water partition coefficient (Wildman–Crippen LogP) is -0.493. The van der Waals surface area contributed by atoms with E-state index >= 15 is 0 Å². The van der Waals surface area contributed by atoms with Crippen molar-refractivity contribution in [2.75, 3.05) is 26.2 Å². The zero-order valence-corrected chi connectivity index (χ0v) is 10.5. The van der Waals surface area contributed by atoms with Crippen molar-refractivity contribution < 1.29 is 4.79 Å². The van der Waals surface area contributed by atoms with Crippen LogP contribution in [0.3, 0.4) is 0 Å². The molecule has 7 nitrogen and oxygen atoms in total. The Morgan fingerprint density at radius 2 is 2.44 bits per heavy atom. The summed E-state index contributed by atoms with van der Waals surface area (Å²) in [6.45, 7) is 6.73. The van der Waals surface area contributed by atoms with Crippen LogP contribution < -0.4 is 5.32 Å². The number of piperazine rings is 1. The molecule has 0 saturated carbocycles. The molecule has 2 amide bonds. The minimum absolute atomic E-state index is 0.132. The number of carbonyl (C=O) groups excluding carboxylic acids is 1. The van der Waals surface area contributed by atoms with Gasteiger partial charge in [-0.15, -0.1) is 0 Å². The van der Waals surface area contributed by atoms with Gasteiger partial charge in [0, 0.05) is 32.7 Å². The summed E-state index contributed by atoms with van der Waals surface area (Å²) in [5.74, 6) is 0.860. The summed E-state index contributed by atoms with van der Waals surface area (Å²) >= 11 is 0. The van der Waals surface area contributed by atoms with Crippen molar-refractivity contribution in [2.45, 2.75) is 26.1 Å². The van der Waals surface area contributed by atoms with Crippen molar-refractivity contribution in [3.63, 3.8) is 0 Å². The molecule has 0 aromatic carbocycles. The van der Waals surface area contributed by atoms with Gasteiger partial charge < -0.3 is 15.1 Å². The summed E-state index contributed by atoms with van der Waals surface area (Å²) in [7, 11) is 0. The fourth-order valence-corrected chi connectivity index (χ4v) is 2.67. The topological polar surface area (TPSA) is 66.3 Å². The van der Waals surface area contributed by atoms with Gasteiger partial charge >= 0.3 is 6.03 Å². The minimum atomic E-state index is 0.132. The fraction of sp³-hybridized carbons (Fsp3) is 0.727. The molecule has 1 aromatic rings. The van der Waals surface area contributed by atoms with E-state index in [2.05, 4.69) is 15.4 Å². The molecule has 1 atom stereocenters. The lowest BCUT2D eigenvalue weighted by atomic mass is 10.2. The highest BCUT2D eigenvalue weighted by Crippen LogP contribution is 2.19. The van der Waals surface area contributed by atoms with E-state index in [-0.39, 0.29) is 6.03 Å². The van der Waals surface area contributed by atoms with Crippen LogP contribution in [0.2, 0.25) is 0 Å². The second-order valence-corrected chi connectivity index (χ2v) is 4.71. The minimum Gasteiger partial charge on any atom is -0.317 e. The van der Waals surface area contributed by atoms with Gasteiger partial charge in [0.1, 0.15) is 12.2 Å². The van der Waals surface area contributed by atoms with E-state index in [9.17, 15) is 4.79 Å². The van der Waals surface area contributed by atoms with Gasteiger partial charge in [0.2, 0.25) is 0 Å². The van der Waals surface area contributed by atoms with E-state index in [4.69, 9.17) is 0 Å². The molecule has 1 aromatic heterocycles. The van der Waals surface area contributed by atoms with Crippen molar-refractivity contribution in [1.29, 1.82) is 0 Å². The monoisotopic (exact) mass is 250 g/mol. The highest BCUT2D eigenvalue weighted by molar-refractivity contribution is 5.77. The Labute approximate surface area is 106 Å². The highest BCUT2D eigenvalue weighted by atomic mass is 16.2. The predicted molar refractivity (Wildman–Crippen MR) is 64.9 cm³/mol. The van der Waals surface area contributed by atoms with Crippen molar-refractivity contribution in [1.82, 2.24) is 29.9 Å². The zero-order valence-electron chi connectivity index (χ0n) is 10.5. The third kappa shape index (κ3) is 1.84. The van der Waals surface area contributed by atoms with Crippen LogP contribution in [0.4, 0.5) is 4.79 Å². The van der Waals surface area contributed by atoms with E-state index in [1.165, 1.54) is 0 Å². The van der Waals surface area contributed by atoms with Crippen LogP contribution >= 0.6 is 0 Å². The molecule has 0 aliphatic carbocycles. The first-order valence-corrected chi connectivity index (χ1v) is 6.42. The van der Waals surface area contributed by atoms with Gasteiger partial charge in [-0.2, -0.15) is 5.10 Å². The molecule has 7 heteroatoms. The molecule has 0 bridgehead atoms. The lowest BCUT2D eigenvalue weighted by molar-refractivity contribution is 0.177. The summed E-state index contributed by atoms with van der Waals surface area (Å²) < 4.78 is 1.84. The van der Waals surface area contributed by atoms with Gasteiger partial charge in [0.25, 0.3) is 0 Å². The number of fused-ring (bicyclic) bond motifs is 1. The van der Waals surface area contributed by atoms with Crippen LogP contribution in [0.5, 0.6) is 0 Å². The van der Waals surface area contributed by atoms with E-state index < -0.39 is 0 Å². The van der Waals surface area contributed by atoms with Gasteiger partial charge in [-0.25, -0.2) is 14.5 Å². The number of nitrogens with one attached hydrogen (secondary N) is 1. The molecule has 2 aliphatic rings. The Kier molecular flexibility index (Phi) is 2.91. The second kappa shape index (κ2) is 4.56. The van der Waals surface area contributed by atoms with Crippen LogP contribution in [0.15, 0.2) is 6.33 Å². The van der Waals surface area contributed by atoms with Crippen LogP contribution in [0.1, 0.15) is 12.7 Å². The molecular weight excluding hydrogens is 232 g/mol. The number of hydrogen-bond donors (Lipinski definition) is 1. The fourth-order valence-electron chi connectivity index (χ4n) is 2.67. The van der Waals surface area contributed by atoms with E-state index in [0.717, 1.165) is 38.5 Å². The third-order valence-corrected chi connectivity index (χ3v) is 3.63. The summed E-state index contributed by atoms with van der Waals surface area (Å²) in [6.07, 6.45) is 1.55. The highest BCUT2D eigenvalue weighted by Gasteiger charge is 2.38. The number of rotatable bonds is 3. The first-order valence-electron chi connectivity index (χ1n) is 6.42. The summed E-state index contributed by atoms with van der Waals surface area (Å²) in [4.78, 5) is 20.3. The summed E-state index contributed by atoms with van der Waals surface area (Å²) in [5, 5.41) is 7.46. The first-order chi connectivity index (χ1) is 8.79. The van der Waals surface area contributed by atoms with Crippen molar-refractivity contribution in [2.24, 2.45) is 0 Å². The SMILES string of the molecule is CCn1ncnc1CN1CC2CNCCN2C1=O. The number of urea groups is 1. The van der Waals surface area contributed by atoms with Crippen molar-refractivity contribution in [3.05, 3.63) is 12.2 Å². The van der Waals surface area contributed by atoms with Gasteiger partial charge in [-0.05, 0) is 6.92 Å². The zero-order chi connectivity index (χ0) is 12.5. The second-order valence-electron chi connectivity index (χ2n) is 4.71. The van der Waals surface area contributed by atoms with E-state index in [0.29, 0.717) is 12.6 Å². The largest absolute Gasteiger partial charge is 0.320 e. The van der Waals surface area contributed by atoms with Crippen LogP contribution in [0.25, 0.3) is 0 Å². The number of amides is 2. The Morgan fingerprint density at radius 1 is 1.56 bits per heavy atom. The van der Waals surface area contributed by atoms with Crippen molar-refractivity contribution in [3.8, 4) is 0 Å². The number of carbonyl (C=O) groups is 1. The number of aromatic nitrogens is 3. The molecule has 3 rings (SSSR count). The standard InChI is InChI=1S/C11H18N6O/c1-2-17-10(13-8-14-17)7-15-6-9-5-12-3-4-16(9)11(15)18/h8-9,12H,2-7H2,1H3. The average molecular weight is 250 g/mol. The molecule has 18 heavy (non-hydrogen) atoms.